The van der Waals surface area contributed by atoms with E-state index in [2.05, 4.69) is 0 Å². The Morgan fingerprint density at radius 1 is 0.953 bits per heavy atom. The molecular formula is C31H22Cl2F2N2O5S. The molecule has 0 radical (unpaired) electrons. The van der Waals surface area contributed by atoms with Crippen molar-refractivity contribution < 1.29 is 33.1 Å². The predicted octanol–water partition coefficient (Wildman–Crippen LogP) is 5.50. The van der Waals surface area contributed by atoms with Crippen molar-refractivity contribution in [3.8, 4) is 5.75 Å². The van der Waals surface area contributed by atoms with Crippen LogP contribution >= 0.6 is 34.5 Å². The number of benzene rings is 2. The Bertz CT molecular complexity index is 1750. The Kier molecular flexibility index (Phi) is 6.36. The van der Waals surface area contributed by atoms with Gasteiger partial charge in [-0.15, -0.1) is 34.5 Å². The number of amides is 4. The molecule has 0 bridgehead atoms. The van der Waals surface area contributed by atoms with Gasteiger partial charge in [-0.1, -0.05) is 23.8 Å². The lowest BCUT2D eigenvalue weighted by Crippen LogP contribution is -2.60. The molecule has 2 aliphatic heterocycles. The highest BCUT2D eigenvalue weighted by atomic mass is 35.5. The Morgan fingerprint density at radius 3 is 2.37 bits per heavy atom. The number of carbonyl (C=O) groups excluding carboxylic acids is 4. The van der Waals surface area contributed by atoms with E-state index in [0.717, 1.165) is 34.0 Å². The molecule has 4 aliphatic rings. The molecule has 43 heavy (non-hydrogen) atoms. The fourth-order valence-electron chi connectivity index (χ4n) is 7.25. The Hall–Kier alpha value is -3.60. The number of thiophene rings is 1. The molecule has 3 aromatic rings. The molecule has 1 N–H and O–H groups in total. The SMILES string of the molecule is O=C1[C@H]2[C@H](CC=C3[C@H]2C[C@@]2(Cl)C(=O)N(c4ccc(F)cc4)C(=O)[C@@]2(Cl)[C@H]3c2ccc(O)c(F)c2)C(=O)N1Cc1cccs1. The van der Waals surface area contributed by atoms with Gasteiger partial charge < -0.3 is 5.11 Å². The van der Waals surface area contributed by atoms with Crippen LogP contribution in [0.5, 0.6) is 5.75 Å². The largest absolute Gasteiger partial charge is 0.505 e. The number of carbonyl (C=O) groups is 4. The number of hydrogen-bond donors (Lipinski definition) is 1. The van der Waals surface area contributed by atoms with Crippen LogP contribution < -0.4 is 4.90 Å². The minimum absolute atomic E-state index is 0.0468. The first kappa shape index (κ1) is 28.2. The fourth-order valence-corrected chi connectivity index (χ4v) is 8.88. The molecule has 2 aromatic carbocycles. The number of likely N-dealkylation sites (tertiary alicyclic amines) is 1. The second kappa shape index (κ2) is 9.70. The van der Waals surface area contributed by atoms with Gasteiger partial charge in [0.05, 0.1) is 24.1 Å². The van der Waals surface area contributed by atoms with Crippen LogP contribution in [-0.4, -0.2) is 43.4 Å². The molecule has 3 fully saturated rings. The molecule has 1 saturated carbocycles. The third-order valence-electron chi connectivity index (χ3n) is 9.19. The summed E-state index contributed by atoms with van der Waals surface area (Å²) in [4.78, 5) is 54.4. The van der Waals surface area contributed by atoms with E-state index in [0.29, 0.717) is 5.57 Å². The van der Waals surface area contributed by atoms with E-state index in [9.17, 15) is 33.1 Å². The average Bonchev–Trinajstić information content (AvgIpc) is 3.62. The number of alkyl halides is 2. The third kappa shape index (κ3) is 3.82. The van der Waals surface area contributed by atoms with Crippen LogP contribution in [0.15, 0.2) is 71.6 Å². The maximum absolute atomic E-state index is 14.8. The number of allylic oxidation sites excluding steroid dienone is 2. The maximum Gasteiger partial charge on any atom is 0.258 e. The van der Waals surface area contributed by atoms with Crippen LogP contribution in [0.4, 0.5) is 14.5 Å². The molecule has 0 unspecified atom stereocenters. The molecule has 6 atom stereocenters. The zero-order chi connectivity index (χ0) is 30.4. The monoisotopic (exact) mass is 642 g/mol. The molecule has 3 heterocycles. The normalized spacial score (nSPS) is 31.7. The molecule has 2 aliphatic carbocycles. The Morgan fingerprint density at radius 2 is 1.70 bits per heavy atom. The van der Waals surface area contributed by atoms with E-state index in [1.54, 1.807) is 6.08 Å². The lowest BCUT2D eigenvalue weighted by molar-refractivity contribution is -0.141. The van der Waals surface area contributed by atoms with Crippen molar-refractivity contribution in [3.63, 3.8) is 0 Å². The quantitative estimate of drug-likeness (QED) is 0.231. The van der Waals surface area contributed by atoms with Gasteiger partial charge in [0.1, 0.15) is 5.82 Å². The van der Waals surface area contributed by atoms with Crippen molar-refractivity contribution in [1.82, 2.24) is 4.90 Å². The van der Waals surface area contributed by atoms with E-state index in [1.807, 2.05) is 17.5 Å². The summed E-state index contributed by atoms with van der Waals surface area (Å²) >= 11 is 15.9. The standard InChI is InChI=1S/C31H22Cl2F2N2O5S/c32-30-13-21-19(8-9-20-24(21)27(40)36(26(20)39)14-18-2-1-11-43-18)25(15-3-10-23(38)22(35)12-15)31(30,33)29(42)37(28(30)41)17-6-4-16(34)5-7-17/h1-8,10-12,20-21,24-25,38H,9,13-14H2/t20-,21+,24-,25-,30+,31-/m0/s1. The van der Waals surface area contributed by atoms with Gasteiger partial charge in [-0.2, -0.15) is 0 Å². The molecule has 4 amide bonds. The summed E-state index contributed by atoms with van der Waals surface area (Å²) in [5, 5.41) is 11.8. The molecular weight excluding hydrogens is 621 g/mol. The number of rotatable bonds is 4. The van der Waals surface area contributed by atoms with Gasteiger partial charge >= 0.3 is 0 Å². The van der Waals surface area contributed by atoms with Gasteiger partial charge in [0.2, 0.25) is 11.8 Å². The molecule has 12 heteroatoms. The van der Waals surface area contributed by atoms with Crippen molar-refractivity contribution in [1.29, 1.82) is 0 Å². The fraction of sp³-hybridized carbons (Fsp3) is 0.290. The van der Waals surface area contributed by atoms with Gasteiger partial charge in [-0.05, 0) is 72.2 Å². The average molecular weight is 643 g/mol. The molecule has 220 valence electrons. The number of phenols is 1. The number of fused-ring (bicyclic) bond motifs is 4. The number of hydrogen-bond acceptors (Lipinski definition) is 6. The van der Waals surface area contributed by atoms with Crippen molar-refractivity contribution in [3.05, 3.63) is 93.7 Å². The van der Waals surface area contributed by atoms with Crippen LogP contribution in [-0.2, 0) is 25.7 Å². The van der Waals surface area contributed by atoms with Crippen molar-refractivity contribution in [2.24, 2.45) is 17.8 Å². The number of imide groups is 2. The number of phenolic OH excluding ortho intramolecular Hbond substituents is 1. The van der Waals surface area contributed by atoms with Crippen molar-refractivity contribution >= 4 is 63.9 Å². The van der Waals surface area contributed by atoms with Crippen LogP contribution in [0, 0.1) is 29.4 Å². The van der Waals surface area contributed by atoms with E-state index in [4.69, 9.17) is 23.2 Å². The molecule has 7 nitrogen and oxygen atoms in total. The number of anilines is 1. The van der Waals surface area contributed by atoms with Crippen LogP contribution in [0.2, 0.25) is 0 Å². The summed E-state index contributed by atoms with van der Waals surface area (Å²) in [6.45, 7) is 0.109. The third-order valence-corrected chi connectivity index (χ3v) is 11.5. The zero-order valence-electron chi connectivity index (χ0n) is 22.2. The van der Waals surface area contributed by atoms with Crippen molar-refractivity contribution in [2.45, 2.75) is 35.1 Å². The summed E-state index contributed by atoms with van der Waals surface area (Å²) < 4.78 is 28.5. The molecule has 7 rings (SSSR count). The smallest absolute Gasteiger partial charge is 0.258 e. The second-order valence-corrected chi connectivity index (χ2v) is 13.6. The summed E-state index contributed by atoms with van der Waals surface area (Å²) in [7, 11) is 0. The van der Waals surface area contributed by atoms with Crippen LogP contribution in [0.1, 0.15) is 29.2 Å². The van der Waals surface area contributed by atoms with E-state index >= 15 is 0 Å². The van der Waals surface area contributed by atoms with E-state index in [1.165, 1.54) is 34.4 Å². The highest BCUT2D eigenvalue weighted by Crippen LogP contribution is 2.65. The number of nitrogens with zero attached hydrogens (tertiary/aromatic N) is 2. The summed E-state index contributed by atoms with van der Waals surface area (Å²) in [6.07, 6.45) is 1.68. The Labute approximate surface area is 258 Å². The topological polar surface area (TPSA) is 95.0 Å². The number of halogens is 4. The van der Waals surface area contributed by atoms with E-state index < -0.39 is 68.5 Å². The minimum atomic E-state index is -2.18. The predicted molar refractivity (Wildman–Crippen MR) is 155 cm³/mol. The van der Waals surface area contributed by atoms with E-state index in [-0.39, 0.29) is 36.5 Å². The second-order valence-electron chi connectivity index (χ2n) is 11.3. The first-order valence-electron chi connectivity index (χ1n) is 13.6. The number of aromatic hydroxyl groups is 1. The molecule has 1 aromatic heterocycles. The molecule has 2 saturated heterocycles. The highest BCUT2D eigenvalue weighted by Gasteiger charge is 2.76. The van der Waals surface area contributed by atoms with Gasteiger partial charge in [0.15, 0.2) is 21.3 Å². The van der Waals surface area contributed by atoms with Gasteiger partial charge in [0, 0.05) is 10.8 Å². The van der Waals surface area contributed by atoms with Crippen LogP contribution in [0.3, 0.4) is 0 Å². The van der Waals surface area contributed by atoms with Crippen LogP contribution in [0.25, 0.3) is 0 Å². The Balaban J connectivity index is 1.38. The summed E-state index contributed by atoms with van der Waals surface area (Å²) in [6, 6.07) is 11.9. The lowest BCUT2D eigenvalue weighted by Gasteiger charge is -2.50. The van der Waals surface area contributed by atoms with Gasteiger partial charge in [0.25, 0.3) is 11.8 Å². The van der Waals surface area contributed by atoms with Gasteiger partial charge in [-0.25, -0.2) is 13.7 Å². The highest BCUT2D eigenvalue weighted by molar-refractivity contribution is 7.09. The summed E-state index contributed by atoms with van der Waals surface area (Å²) in [5.41, 5.74) is 0.712. The van der Waals surface area contributed by atoms with Crippen molar-refractivity contribution in [2.75, 3.05) is 4.90 Å². The summed E-state index contributed by atoms with van der Waals surface area (Å²) in [5.74, 6) is -8.24. The minimum Gasteiger partial charge on any atom is -0.505 e. The first-order valence-corrected chi connectivity index (χ1v) is 15.2. The maximum atomic E-state index is 14.8. The molecule has 0 spiro atoms. The lowest BCUT2D eigenvalue weighted by atomic mass is 9.56. The zero-order valence-corrected chi connectivity index (χ0v) is 24.5. The van der Waals surface area contributed by atoms with Gasteiger partial charge in [-0.3, -0.25) is 24.1 Å². The first-order chi connectivity index (χ1) is 20.5.